The highest BCUT2D eigenvalue weighted by molar-refractivity contribution is 6.35. The van der Waals surface area contributed by atoms with Gasteiger partial charge < -0.3 is 10.6 Å². The van der Waals surface area contributed by atoms with Crippen LogP contribution in [0.2, 0.25) is 0 Å². The minimum atomic E-state index is -0.689. The summed E-state index contributed by atoms with van der Waals surface area (Å²) in [4.78, 5) is 23.8. The van der Waals surface area contributed by atoms with Crippen LogP contribution in [0.1, 0.15) is 46.6 Å². The molecular weight excluding hydrogens is 283 g/mol. The molecule has 122 valence electrons. The molecule has 0 spiro atoms. The van der Waals surface area contributed by atoms with Gasteiger partial charge in [-0.2, -0.15) is 0 Å². The summed E-state index contributed by atoms with van der Waals surface area (Å²) in [6.07, 6.45) is 0.747. The lowest BCUT2D eigenvalue weighted by Crippen LogP contribution is -2.51. The number of halogens is 1. The molecule has 1 aromatic carbocycles. The summed E-state index contributed by atoms with van der Waals surface area (Å²) < 4.78 is 12.8. The zero-order valence-corrected chi connectivity index (χ0v) is 13.9. The predicted molar refractivity (Wildman–Crippen MR) is 84.5 cm³/mol. The minimum absolute atomic E-state index is 0.0430. The van der Waals surface area contributed by atoms with Gasteiger partial charge in [0.15, 0.2) is 0 Å². The number of carbonyl (C=O) groups is 2. The molecule has 4 nitrogen and oxygen atoms in total. The van der Waals surface area contributed by atoms with Crippen LogP contribution in [0.5, 0.6) is 0 Å². The van der Waals surface area contributed by atoms with Crippen LogP contribution in [0.25, 0.3) is 0 Å². The van der Waals surface area contributed by atoms with Gasteiger partial charge in [0.25, 0.3) is 0 Å². The third-order valence-corrected chi connectivity index (χ3v) is 3.00. The maximum atomic E-state index is 12.8. The molecule has 1 aromatic rings. The quantitative estimate of drug-likeness (QED) is 0.840. The Morgan fingerprint density at radius 2 is 1.55 bits per heavy atom. The number of hydrogen-bond donors (Lipinski definition) is 2. The fraction of sp³-hybridized carbons (Fsp3) is 0.529. The van der Waals surface area contributed by atoms with Crippen LogP contribution in [0.3, 0.4) is 0 Å². The number of hydrogen-bond acceptors (Lipinski definition) is 2. The van der Waals surface area contributed by atoms with E-state index in [4.69, 9.17) is 0 Å². The van der Waals surface area contributed by atoms with Crippen molar-refractivity contribution in [3.63, 3.8) is 0 Å². The zero-order chi connectivity index (χ0) is 17.0. The van der Waals surface area contributed by atoms with Gasteiger partial charge in [0.1, 0.15) is 5.82 Å². The van der Waals surface area contributed by atoms with Crippen LogP contribution in [0, 0.1) is 11.2 Å². The molecule has 0 saturated heterocycles. The fourth-order valence-electron chi connectivity index (χ4n) is 2.60. The van der Waals surface area contributed by atoms with Crippen molar-refractivity contribution in [1.82, 2.24) is 10.6 Å². The van der Waals surface area contributed by atoms with Crippen LogP contribution < -0.4 is 10.6 Å². The first kappa shape index (κ1) is 18.1. The molecule has 0 aliphatic carbocycles. The molecule has 5 heteroatoms. The Labute approximate surface area is 131 Å². The lowest BCUT2D eigenvalue weighted by Gasteiger charge is -2.33. The average Bonchev–Trinajstić information content (AvgIpc) is 2.34. The second-order valence-corrected chi connectivity index (χ2v) is 7.38. The Kier molecular flexibility index (Phi) is 5.69. The highest BCUT2D eigenvalue weighted by atomic mass is 19.1. The van der Waals surface area contributed by atoms with Crippen molar-refractivity contribution in [2.24, 2.45) is 5.41 Å². The standard InChI is InChI=1S/C17H25FN2O2/c1-16(2,3)11-17(4,5)20-15(22)14(21)19-10-12-6-8-13(18)9-7-12/h6-9H,10-11H2,1-5H3,(H,19,21)(H,20,22). The van der Waals surface area contributed by atoms with E-state index < -0.39 is 17.4 Å². The van der Waals surface area contributed by atoms with Crippen LogP contribution in [0.15, 0.2) is 24.3 Å². The van der Waals surface area contributed by atoms with E-state index in [9.17, 15) is 14.0 Å². The molecule has 0 atom stereocenters. The summed E-state index contributed by atoms with van der Waals surface area (Å²) in [5, 5.41) is 5.28. The van der Waals surface area contributed by atoms with Gasteiger partial charge in [0.05, 0.1) is 0 Å². The zero-order valence-electron chi connectivity index (χ0n) is 13.9. The Hall–Kier alpha value is -1.91. The smallest absolute Gasteiger partial charge is 0.309 e. The molecule has 2 N–H and O–H groups in total. The number of rotatable bonds is 4. The number of benzene rings is 1. The highest BCUT2D eigenvalue weighted by Gasteiger charge is 2.29. The average molecular weight is 308 g/mol. The minimum Gasteiger partial charge on any atom is -0.344 e. The van der Waals surface area contributed by atoms with Crippen LogP contribution in [0.4, 0.5) is 4.39 Å². The SMILES string of the molecule is CC(C)(C)CC(C)(C)NC(=O)C(=O)NCc1ccc(F)cc1. The first-order valence-corrected chi connectivity index (χ1v) is 7.33. The molecule has 0 bridgehead atoms. The normalized spacial score (nSPS) is 11.9. The lowest BCUT2D eigenvalue weighted by molar-refractivity contribution is -0.140. The summed E-state index contributed by atoms with van der Waals surface area (Å²) in [5.74, 6) is -1.68. The van der Waals surface area contributed by atoms with Crippen molar-refractivity contribution in [2.45, 2.75) is 53.1 Å². The van der Waals surface area contributed by atoms with Gasteiger partial charge in [0.2, 0.25) is 0 Å². The predicted octanol–water partition coefficient (Wildman–Crippen LogP) is 2.77. The summed E-state index contributed by atoms with van der Waals surface area (Å²) in [6.45, 7) is 10.2. The van der Waals surface area contributed by atoms with Crippen LogP contribution >= 0.6 is 0 Å². The van der Waals surface area contributed by atoms with E-state index in [1.165, 1.54) is 12.1 Å². The van der Waals surface area contributed by atoms with Gasteiger partial charge in [0, 0.05) is 12.1 Å². The van der Waals surface area contributed by atoms with Crippen molar-refractivity contribution in [1.29, 1.82) is 0 Å². The monoisotopic (exact) mass is 308 g/mol. The third kappa shape index (κ3) is 6.70. The topological polar surface area (TPSA) is 58.2 Å². The summed E-state index contributed by atoms with van der Waals surface area (Å²) >= 11 is 0. The lowest BCUT2D eigenvalue weighted by atomic mass is 9.82. The molecule has 0 aliphatic heterocycles. The summed E-state index contributed by atoms with van der Waals surface area (Å²) in [6, 6.07) is 5.76. The molecule has 0 aromatic heterocycles. The molecule has 22 heavy (non-hydrogen) atoms. The third-order valence-electron chi connectivity index (χ3n) is 3.00. The molecule has 2 amide bonds. The van der Waals surface area contributed by atoms with Gasteiger partial charge in [-0.1, -0.05) is 32.9 Å². The summed E-state index contributed by atoms with van der Waals surface area (Å²) in [7, 11) is 0. The molecule has 0 aliphatic rings. The van der Waals surface area contributed by atoms with E-state index in [1.54, 1.807) is 12.1 Å². The van der Waals surface area contributed by atoms with Gasteiger partial charge in [-0.15, -0.1) is 0 Å². The van der Waals surface area contributed by atoms with Crippen LogP contribution in [-0.2, 0) is 16.1 Å². The van der Waals surface area contributed by atoms with Crippen molar-refractivity contribution in [3.05, 3.63) is 35.6 Å². The number of nitrogens with one attached hydrogen (secondary N) is 2. The molecular formula is C17H25FN2O2. The largest absolute Gasteiger partial charge is 0.344 e. The first-order chi connectivity index (χ1) is 9.98. The van der Waals surface area contributed by atoms with Gasteiger partial charge in [-0.25, -0.2) is 4.39 Å². The van der Waals surface area contributed by atoms with E-state index in [2.05, 4.69) is 31.4 Å². The second kappa shape index (κ2) is 6.90. The van der Waals surface area contributed by atoms with Crippen molar-refractivity contribution < 1.29 is 14.0 Å². The Bertz CT molecular complexity index is 531. The van der Waals surface area contributed by atoms with Gasteiger partial charge in [-0.3, -0.25) is 9.59 Å². The van der Waals surface area contributed by atoms with Gasteiger partial charge in [-0.05, 0) is 43.4 Å². The second-order valence-electron chi connectivity index (χ2n) is 7.38. The molecule has 0 heterocycles. The Morgan fingerprint density at radius 3 is 2.05 bits per heavy atom. The number of amides is 2. The van der Waals surface area contributed by atoms with E-state index in [1.807, 2.05) is 13.8 Å². The van der Waals surface area contributed by atoms with E-state index in [0.717, 1.165) is 12.0 Å². The molecule has 0 radical (unpaired) electrons. The van der Waals surface area contributed by atoms with E-state index >= 15 is 0 Å². The maximum Gasteiger partial charge on any atom is 0.309 e. The van der Waals surface area contributed by atoms with Crippen molar-refractivity contribution in [2.75, 3.05) is 0 Å². The van der Waals surface area contributed by atoms with Gasteiger partial charge >= 0.3 is 11.8 Å². The maximum absolute atomic E-state index is 12.8. The Morgan fingerprint density at radius 1 is 1.00 bits per heavy atom. The fourth-order valence-corrected chi connectivity index (χ4v) is 2.60. The highest BCUT2D eigenvalue weighted by Crippen LogP contribution is 2.26. The van der Waals surface area contributed by atoms with E-state index in [-0.39, 0.29) is 17.8 Å². The molecule has 0 fully saturated rings. The summed E-state index contributed by atoms with van der Waals surface area (Å²) in [5.41, 5.74) is 0.306. The van der Waals surface area contributed by atoms with Crippen molar-refractivity contribution in [3.8, 4) is 0 Å². The van der Waals surface area contributed by atoms with E-state index in [0.29, 0.717) is 0 Å². The molecule has 0 unspecified atom stereocenters. The number of carbonyl (C=O) groups excluding carboxylic acids is 2. The Balaban J connectivity index is 2.51. The molecule has 0 saturated carbocycles. The van der Waals surface area contributed by atoms with Crippen molar-refractivity contribution >= 4 is 11.8 Å². The van der Waals surface area contributed by atoms with Crippen LogP contribution in [-0.4, -0.2) is 17.4 Å². The molecule has 1 rings (SSSR count). The first-order valence-electron chi connectivity index (χ1n) is 7.33.